The Hall–Kier alpha value is -1.79. The second kappa shape index (κ2) is 6.40. The molecule has 0 bridgehead atoms. The highest BCUT2D eigenvalue weighted by atomic mass is 16.5. The molecule has 1 heterocycles. The van der Waals surface area contributed by atoms with E-state index >= 15 is 0 Å². The summed E-state index contributed by atoms with van der Waals surface area (Å²) in [6, 6.07) is 5.07. The molecule has 0 saturated heterocycles. The number of fused-ring (bicyclic) bond motifs is 1. The van der Waals surface area contributed by atoms with Gasteiger partial charge >= 0.3 is 5.97 Å². The third-order valence-electron chi connectivity index (χ3n) is 2.72. The van der Waals surface area contributed by atoms with Crippen LogP contribution in [0, 0.1) is 0 Å². The average molecular weight is 267 g/mol. The van der Waals surface area contributed by atoms with E-state index in [1.54, 1.807) is 0 Å². The van der Waals surface area contributed by atoms with Gasteiger partial charge in [-0.05, 0) is 17.7 Å². The summed E-state index contributed by atoms with van der Waals surface area (Å²) in [6.45, 7) is 1.05. The molecule has 0 radical (unpaired) electrons. The van der Waals surface area contributed by atoms with Crippen molar-refractivity contribution in [1.82, 2.24) is 0 Å². The Morgan fingerprint density at radius 1 is 1.37 bits per heavy atom. The smallest absolute Gasteiger partial charge is 0.329 e. The maximum atomic E-state index is 10.3. The number of benzene rings is 1. The number of carbonyl (C=O) groups is 1. The molecule has 0 saturated carbocycles. The molecule has 6 heteroatoms. The molecule has 3 N–H and O–H groups in total. The Balaban J connectivity index is 2.00. The molecule has 0 amide bonds. The number of carboxylic acid groups (broad SMARTS) is 1. The van der Waals surface area contributed by atoms with Crippen molar-refractivity contribution in [1.29, 1.82) is 0 Å². The lowest BCUT2D eigenvalue weighted by Gasteiger charge is -2.14. The van der Waals surface area contributed by atoms with Gasteiger partial charge in [-0.3, -0.25) is 0 Å². The Morgan fingerprint density at radius 2 is 2.11 bits per heavy atom. The molecule has 2 rings (SSSR count). The summed E-state index contributed by atoms with van der Waals surface area (Å²) < 4.78 is 16.1. The number of hydrogen-bond donors (Lipinski definition) is 2. The number of aliphatic carboxylic acids is 1. The molecule has 0 aromatic heterocycles. The van der Waals surface area contributed by atoms with Gasteiger partial charge in [0, 0.05) is 6.42 Å². The molecule has 1 aliphatic rings. The maximum Gasteiger partial charge on any atom is 0.329 e. The number of hydrogen-bond acceptors (Lipinski definition) is 5. The van der Waals surface area contributed by atoms with Crippen LogP contribution in [-0.4, -0.2) is 37.5 Å². The zero-order valence-electron chi connectivity index (χ0n) is 10.5. The largest absolute Gasteiger partial charge is 0.490 e. The topological polar surface area (TPSA) is 91.0 Å². The maximum absolute atomic E-state index is 10.3. The van der Waals surface area contributed by atoms with E-state index in [2.05, 4.69) is 0 Å². The number of nitrogens with two attached hydrogens (primary N) is 1. The predicted octanol–water partition coefficient (Wildman–Crippen LogP) is 0.949. The van der Waals surface area contributed by atoms with Gasteiger partial charge in [0.1, 0.15) is 6.61 Å². The lowest BCUT2D eigenvalue weighted by Crippen LogP contribution is -2.19. The van der Waals surface area contributed by atoms with Crippen molar-refractivity contribution >= 4 is 5.97 Å². The second-order valence-electron chi connectivity index (χ2n) is 4.27. The summed E-state index contributed by atoms with van der Waals surface area (Å²) in [5.41, 5.74) is 6.77. The minimum absolute atomic E-state index is 0.145. The van der Waals surface area contributed by atoms with Crippen molar-refractivity contribution in [2.24, 2.45) is 5.73 Å². The molecule has 0 fully saturated rings. The van der Waals surface area contributed by atoms with Gasteiger partial charge in [-0.2, -0.15) is 0 Å². The van der Waals surface area contributed by atoms with Crippen LogP contribution >= 0.6 is 0 Å². The molecule has 6 nitrogen and oxygen atoms in total. The van der Waals surface area contributed by atoms with Crippen LogP contribution < -0.4 is 15.2 Å². The van der Waals surface area contributed by atoms with E-state index < -0.39 is 12.0 Å². The van der Waals surface area contributed by atoms with E-state index in [-0.39, 0.29) is 13.2 Å². The van der Waals surface area contributed by atoms with Gasteiger partial charge in [-0.25, -0.2) is 4.79 Å². The van der Waals surface area contributed by atoms with Crippen molar-refractivity contribution in [3.05, 3.63) is 23.8 Å². The molecule has 104 valence electrons. The van der Waals surface area contributed by atoms with Crippen LogP contribution in [-0.2, 0) is 9.53 Å². The molecule has 19 heavy (non-hydrogen) atoms. The standard InChI is InChI=1S/C13H17NO5/c14-10(7-17-8-13(15)16)9-2-3-11-12(6-9)19-5-1-4-18-11/h2-3,6,10H,1,4-5,7-8,14H2,(H,15,16). The van der Waals surface area contributed by atoms with E-state index in [4.69, 9.17) is 25.1 Å². The van der Waals surface area contributed by atoms with Crippen LogP contribution in [0.1, 0.15) is 18.0 Å². The number of ether oxygens (including phenoxy) is 3. The summed E-state index contributed by atoms with van der Waals surface area (Å²) in [5, 5.41) is 8.48. The number of carboxylic acids is 1. The fourth-order valence-electron chi connectivity index (χ4n) is 1.78. The number of rotatable bonds is 5. The van der Waals surface area contributed by atoms with Crippen LogP contribution in [0.5, 0.6) is 11.5 Å². The van der Waals surface area contributed by atoms with Gasteiger partial charge in [0.25, 0.3) is 0 Å². The summed E-state index contributed by atoms with van der Waals surface area (Å²) in [4.78, 5) is 10.3. The van der Waals surface area contributed by atoms with Crippen LogP contribution in [0.2, 0.25) is 0 Å². The fourth-order valence-corrected chi connectivity index (χ4v) is 1.78. The minimum atomic E-state index is -1.01. The minimum Gasteiger partial charge on any atom is -0.490 e. The van der Waals surface area contributed by atoms with E-state index in [0.29, 0.717) is 24.7 Å². The fraction of sp³-hybridized carbons (Fsp3) is 0.462. The van der Waals surface area contributed by atoms with E-state index in [0.717, 1.165) is 12.0 Å². The van der Waals surface area contributed by atoms with Crippen molar-refractivity contribution in [3.8, 4) is 11.5 Å². The normalized spacial score (nSPS) is 15.6. The zero-order chi connectivity index (χ0) is 13.7. The molecule has 1 aromatic rings. The lowest BCUT2D eigenvalue weighted by atomic mass is 10.1. The Bertz CT molecular complexity index is 449. The first kappa shape index (κ1) is 13.6. The molecular formula is C13H17NO5. The molecule has 1 atom stereocenters. The Morgan fingerprint density at radius 3 is 2.84 bits per heavy atom. The Kier molecular flexibility index (Phi) is 4.59. The third-order valence-corrected chi connectivity index (χ3v) is 2.72. The zero-order valence-corrected chi connectivity index (χ0v) is 10.5. The van der Waals surface area contributed by atoms with E-state index in [1.165, 1.54) is 0 Å². The summed E-state index contributed by atoms with van der Waals surface area (Å²) in [5.74, 6) is 0.370. The van der Waals surface area contributed by atoms with Gasteiger partial charge in [0.15, 0.2) is 11.5 Å². The predicted molar refractivity (Wildman–Crippen MR) is 67.4 cm³/mol. The molecule has 0 aliphatic carbocycles. The van der Waals surface area contributed by atoms with Gasteiger partial charge in [0.05, 0.1) is 25.9 Å². The first-order valence-electron chi connectivity index (χ1n) is 6.11. The highest BCUT2D eigenvalue weighted by Crippen LogP contribution is 2.31. The molecular weight excluding hydrogens is 250 g/mol. The van der Waals surface area contributed by atoms with Gasteiger partial charge < -0.3 is 25.1 Å². The van der Waals surface area contributed by atoms with Crippen LogP contribution in [0.3, 0.4) is 0 Å². The third kappa shape index (κ3) is 3.84. The molecule has 1 aromatic carbocycles. The highest BCUT2D eigenvalue weighted by molar-refractivity contribution is 5.68. The average Bonchev–Trinajstić information content (AvgIpc) is 2.62. The lowest BCUT2D eigenvalue weighted by molar-refractivity contribution is -0.142. The van der Waals surface area contributed by atoms with Crippen molar-refractivity contribution in [2.75, 3.05) is 26.4 Å². The van der Waals surface area contributed by atoms with Crippen LogP contribution in [0.25, 0.3) is 0 Å². The summed E-state index contributed by atoms with van der Waals surface area (Å²) in [7, 11) is 0. The van der Waals surface area contributed by atoms with Crippen molar-refractivity contribution in [2.45, 2.75) is 12.5 Å². The first-order chi connectivity index (χ1) is 9.16. The van der Waals surface area contributed by atoms with E-state index in [1.807, 2.05) is 18.2 Å². The quantitative estimate of drug-likeness (QED) is 0.825. The highest BCUT2D eigenvalue weighted by Gasteiger charge is 2.14. The van der Waals surface area contributed by atoms with Crippen LogP contribution in [0.15, 0.2) is 18.2 Å². The summed E-state index contributed by atoms with van der Waals surface area (Å²) >= 11 is 0. The van der Waals surface area contributed by atoms with Gasteiger partial charge in [-0.1, -0.05) is 6.07 Å². The van der Waals surface area contributed by atoms with Crippen molar-refractivity contribution < 1.29 is 24.1 Å². The Labute approximate surface area is 111 Å². The SMILES string of the molecule is NC(COCC(=O)O)c1ccc2c(c1)OCCCO2. The van der Waals surface area contributed by atoms with Crippen molar-refractivity contribution in [3.63, 3.8) is 0 Å². The molecule has 1 unspecified atom stereocenters. The van der Waals surface area contributed by atoms with E-state index in [9.17, 15) is 4.79 Å². The van der Waals surface area contributed by atoms with Gasteiger partial charge in [0.2, 0.25) is 0 Å². The summed E-state index contributed by atoms with van der Waals surface area (Å²) in [6.07, 6.45) is 0.845. The molecule has 0 spiro atoms. The molecule has 1 aliphatic heterocycles. The van der Waals surface area contributed by atoms with Gasteiger partial charge in [-0.15, -0.1) is 0 Å². The first-order valence-corrected chi connectivity index (χ1v) is 6.11. The second-order valence-corrected chi connectivity index (χ2v) is 4.27. The van der Waals surface area contributed by atoms with Crippen LogP contribution in [0.4, 0.5) is 0 Å². The monoisotopic (exact) mass is 267 g/mol.